The number of halogens is 1. The van der Waals surface area contributed by atoms with Gasteiger partial charge in [-0.1, -0.05) is 11.6 Å². The predicted octanol–water partition coefficient (Wildman–Crippen LogP) is 3.25. The second kappa shape index (κ2) is 4.07. The van der Waals surface area contributed by atoms with Gasteiger partial charge in [0.15, 0.2) is 0 Å². The Morgan fingerprint density at radius 1 is 1.36 bits per heavy atom. The average Bonchev–Trinajstić information content (AvgIpc) is 2.67. The molecule has 14 heavy (non-hydrogen) atoms. The molecule has 0 aliphatic carbocycles. The Balaban J connectivity index is 2.44. The summed E-state index contributed by atoms with van der Waals surface area (Å²) in [6.07, 6.45) is 5.69. The van der Waals surface area contributed by atoms with Crippen molar-refractivity contribution in [1.82, 2.24) is 9.55 Å². The number of aromatic nitrogens is 2. The fourth-order valence-electron chi connectivity index (χ4n) is 1.23. The van der Waals surface area contributed by atoms with Crippen LogP contribution < -0.4 is 0 Å². The molecule has 0 fully saturated rings. The van der Waals surface area contributed by atoms with E-state index in [-0.39, 0.29) is 0 Å². The summed E-state index contributed by atoms with van der Waals surface area (Å²) < 4.78 is 2.03. The maximum atomic E-state index is 5.77. The molecular weight excluding hydrogens is 216 g/mol. The second-order valence-corrected chi connectivity index (χ2v) is 4.02. The summed E-state index contributed by atoms with van der Waals surface area (Å²) in [5.41, 5.74) is 0. The van der Waals surface area contributed by atoms with E-state index >= 15 is 0 Å². The molecule has 0 radical (unpaired) electrons. The van der Waals surface area contributed by atoms with E-state index in [0.29, 0.717) is 5.02 Å². The molecule has 0 saturated carbocycles. The fraction of sp³-hybridized carbons (Fsp3) is 0.100. The topological polar surface area (TPSA) is 17.8 Å². The zero-order chi connectivity index (χ0) is 9.97. The molecule has 0 bridgehead atoms. The molecule has 2 rings (SSSR count). The lowest BCUT2D eigenvalue weighted by Gasteiger charge is -2.05. The molecule has 0 N–H and O–H groups in total. The molecule has 0 saturated heterocycles. The van der Waals surface area contributed by atoms with Gasteiger partial charge in [-0.3, -0.25) is 4.57 Å². The number of nitrogens with zero attached hydrogens (tertiary/aromatic N) is 2. The van der Waals surface area contributed by atoms with E-state index in [1.54, 1.807) is 18.0 Å². The predicted molar refractivity (Wildman–Crippen MR) is 60.4 cm³/mol. The third-order valence-electron chi connectivity index (χ3n) is 1.88. The molecule has 0 spiro atoms. The summed E-state index contributed by atoms with van der Waals surface area (Å²) in [7, 11) is 0. The van der Waals surface area contributed by atoms with Crippen LogP contribution in [-0.4, -0.2) is 15.8 Å². The number of pyridine rings is 1. The highest BCUT2D eigenvalue weighted by Crippen LogP contribution is 2.19. The largest absolute Gasteiger partial charge is 0.296 e. The Kier molecular flexibility index (Phi) is 2.79. The van der Waals surface area contributed by atoms with Crippen LogP contribution in [0.15, 0.2) is 41.7 Å². The number of hydrogen-bond donors (Lipinski definition) is 0. The van der Waals surface area contributed by atoms with Crippen molar-refractivity contribution in [1.29, 1.82) is 0 Å². The van der Waals surface area contributed by atoms with Crippen molar-refractivity contribution in [3.63, 3.8) is 0 Å². The van der Waals surface area contributed by atoms with Crippen LogP contribution in [-0.2, 0) is 0 Å². The van der Waals surface area contributed by atoms with Gasteiger partial charge < -0.3 is 0 Å². The Bertz CT molecular complexity index is 422. The Hall–Kier alpha value is -0.930. The van der Waals surface area contributed by atoms with Crippen LogP contribution in [0.4, 0.5) is 0 Å². The Labute approximate surface area is 91.9 Å². The van der Waals surface area contributed by atoms with Gasteiger partial charge in [-0.05, 0) is 30.5 Å². The van der Waals surface area contributed by atoms with Crippen LogP contribution in [0.3, 0.4) is 0 Å². The summed E-state index contributed by atoms with van der Waals surface area (Å²) in [6.45, 7) is 0. The summed E-state index contributed by atoms with van der Waals surface area (Å²) in [4.78, 5) is 4.25. The van der Waals surface area contributed by atoms with E-state index in [1.807, 2.05) is 35.2 Å². The zero-order valence-corrected chi connectivity index (χ0v) is 9.22. The Morgan fingerprint density at radius 2 is 2.21 bits per heavy atom. The van der Waals surface area contributed by atoms with Crippen molar-refractivity contribution in [3.05, 3.63) is 41.7 Å². The van der Waals surface area contributed by atoms with Gasteiger partial charge in [0, 0.05) is 12.4 Å². The molecule has 2 nitrogen and oxygen atoms in total. The third kappa shape index (κ3) is 1.79. The molecular formula is C10H9ClN2S. The first-order chi connectivity index (χ1) is 6.81. The van der Waals surface area contributed by atoms with Crippen molar-refractivity contribution in [2.24, 2.45) is 0 Å². The number of hydrogen-bond acceptors (Lipinski definition) is 2. The van der Waals surface area contributed by atoms with Gasteiger partial charge in [0.25, 0.3) is 0 Å². The summed E-state index contributed by atoms with van der Waals surface area (Å²) >= 11 is 7.46. The quantitative estimate of drug-likeness (QED) is 0.729. The van der Waals surface area contributed by atoms with Crippen LogP contribution in [0.5, 0.6) is 0 Å². The van der Waals surface area contributed by atoms with E-state index in [2.05, 4.69) is 11.1 Å². The Morgan fingerprint density at radius 3 is 2.86 bits per heavy atom. The lowest BCUT2D eigenvalue weighted by molar-refractivity contribution is 0.913. The van der Waals surface area contributed by atoms with Crippen molar-refractivity contribution >= 4 is 23.4 Å². The van der Waals surface area contributed by atoms with E-state index in [4.69, 9.17) is 11.6 Å². The molecule has 4 heteroatoms. The highest BCUT2D eigenvalue weighted by atomic mass is 35.5. The van der Waals surface area contributed by atoms with Crippen molar-refractivity contribution in [2.45, 2.75) is 5.03 Å². The van der Waals surface area contributed by atoms with Gasteiger partial charge in [0.05, 0.1) is 10.0 Å². The zero-order valence-electron chi connectivity index (χ0n) is 7.64. The highest BCUT2D eigenvalue weighted by Gasteiger charge is 2.02. The summed E-state index contributed by atoms with van der Waals surface area (Å²) in [5.74, 6) is 0.892. The van der Waals surface area contributed by atoms with Crippen LogP contribution in [0.2, 0.25) is 5.02 Å². The average molecular weight is 225 g/mol. The lowest BCUT2D eigenvalue weighted by atomic mass is 10.4. The number of rotatable bonds is 2. The number of thioether (sulfide) groups is 1. The first-order valence-corrected chi connectivity index (χ1v) is 5.75. The minimum absolute atomic E-state index is 0.659. The van der Waals surface area contributed by atoms with Gasteiger partial charge >= 0.3 is 0 Å². The van der Waals surface area contributed by atoms with E-state index in [9.17, 15) is 0 Å². The standard InChI is InChI=1S/C10H9ClN2S/c1-14-10-3-2-6-13(10)9-5-4-8(11)7-12-9/h2-7H,1H3. The molecule has 0 aliphatic rings. The van der Waals surface area contributed by atoms with Gasteiger partial charge in [0.1, 0.15) is 5.82 Å². The molecule has 0 aromatic carbocycles. The van der Waals surface area contributed by atoms with Crippen LogP contribution in [0.25, 0.3) is 5.82 Å². The maximum absolute atomic E-state index is 5.77. The molecule has 2 aromatic rings. The van der Waals surface area contributed by atoms with Crippen molar-refractivity contribution < 1.29 is 0 Å². The first-order valence-electron chi connectivity index (χ1n) is 4.14. The molecule has 2 aromatic heterocycles. The lowest BCUT2D eigenvalue weighted by Crippen LogP contribution is -1.95. The minimum Gasteiger partial charge on any atom is -0.296 e. The summed E-state index contributed by atoms with van der Waals surface area (Å²) in [5, 5.41) is 1.83. The van der Waals surface area contributed by atoms with Gasteiger partial charge in [-0.25, -0.2) is 4.98 Å². The van der Waals surface area contributed by atoms with Crippen LogP contribution in [0.1, 0.15) is 0 Å². The normalized spacial score (nSPS) is 10.4. The summed E-state index contributed by atoms with van der Waals surface area (Å²) in [6, 6.07) is 7.80. The van der Waals surface area contributed by atoms with Crippen LogP contribution in [0, 0.1) is 0 Å². The molecule has 2 heterocycles. The fourth-order valence-corrected chi connectivity index (χ4v) is 1.91. The molecule has 0 amide bonds. The van der Waals surface area contributed by atoms with Gasteiger partial charge in [-0.15, -0.1) is 11.8 Å². The van der Waals surface area contributed by atoms with Crippen molar-refractivity contribution in [2.75, 3.05) is 6.26 Å². The molecule has 72 valence electrons. The second-order valence-electron chi connectivity index (χ2n) is 2.76. The smallest absolute Gasteiger partial charge is 0.137 e. The van der Waals surface area contributed by atoms with Gasteiger partial charge in [-0.2, -0.15) is 0 Å². The monoisotopic (exact) mass is 224 g/mol. The van der Waals surface area contributed by atoms with Crippen LogP contribution >= 0.6 is 23.4 Å². The first kappa shape index (κ1) is 9.62. The SMILES string of the molecule is CSc1cccn1-c1ccc(Cl)cn1. The molecule has 0 aliphatic heterocycles. The third-order valence-corrected chi connectivity index (χ3v) is 2.85. The highest BCUT2D eigenvalue weighted by molar-refractivity contribution is 7.98. The van der Waals surface area contributed by atoms with Crippen molar-refractivity contribution in [3.8, 4) is 5.82 Å². The van der Waals surface area contributed by atoms with E-state index in [1.165, 1.54) is 5.03 Å². The van der Waals surface area contributed by atoms with E-state index in [0.717, 1.165) is 5.82 Å². The van der Waals surface area contributed by atoms with E-state index < -0.39 is 0 Å². The van der Waals surface area contributed by atoms with Gasteiger partial charge in [0.2, 0.25) is 0 Å². The molecule has 0 atom stereocenters. The maximum Gasteiger partial charge on any atom is 0.137 e. The minimum atomic E-state index is 0.659. The molecule has 0 unspecified atom stereocenters.